The number of benzene rings is 2. The Balaban J connectivity index is 1.71. The number of amides is 1. The van der Waals surface area contributed by atoms with E-state index in [1.54, 1.807) is 17.0 Å². The van der Waals surface area contributed by atoms with Crippen LogP contribution in [0.1, 0.15) is 12.0 Å². The second-order valence-electron chi connectivity index (χ2n) is 5.57. The fraction of sp³-hybridized carbons (Fsp3) is 0.222. The lowest BCUT2D eigenvalue weighted by atomic mass is 10.1. The van der Waals surface area contributed by atoms with Gasteiger partial charge in [-0.15, -0.1) is 0 Å². The third-order valence-corrected chi connectivity index (χ3v) is 4.43. The van der Waals surface area contributed by atoms with Crippen LogP contribution in [0.25, 0.3) is 0 Å². The van der Waals surface area contributed by atoms with Gasteiger partial charge in [0.25, 0.3) is 0 Å². The summed E-state index contributed by atoms with van der Waals surface area (Å²) in [5.74, 6) is -0.362. The largest absolute Gasteiger partial charge is 0.426 e. The topological polar surface area (TPSA) is 46.6 Å². The molecule has 1 amide bonds. The van der Waals surface area contributed by atoms with Crippen molar-refractivity contribution in [2.75, 3.05) is 11.4 Å². The second-order valence-corrected chi connectivity index (χ2v) is 6.48. The highest BCUT2D eigenvalue weighted by Gasteiger charge is 2.36. The maximum Gasteiger partial charge on any atom is 0.316 e. The predicted octanol–water partition coefficient (Wildman–Crippen LogP) is 3.72. The zero-order chi connectivity index (χ0) is 16.4. The minimum Gasteiger partial charge on any atom is -0.426 e. The molecular formula is C18H16BrNO3. The molecule has 4 nitrogen and oxygen atoms in total. The normalized spacial score (nSPS) is 17.4. The van der Waals surface area contributed by atoms with Crippen LogP contribution >= 0.6 is 15.9 Å². The summed E-state index contributed by atoms with van der Waals surface area (Å²) in [5, 5.41) is 0. The van der Waals surface area contributed by atoms with Gasteiger partial charge >= 0.3 is 5.97 Å². The van der Waals surface area contributed by atoms with Crippen molar-refractivity contribution in [2.45, 2.75) is 13.3 Å². The third-order valence-electron chi connectivity index (χ3n) is 3.90. The first-order valence-electron chi connectivity index (χ1n) is 7.38. The van der Waals surface area contributed by atoms with Gasteiger partial charge in [0.1, 0.15) is 5.75 Å². The van der Waals surface area contributed by atoms with Crippen molar-refractivity contribution in [1.29, 1.82) is 0 Å². The first kappa shape index (κ1) is 15.7. The molecule has 2 aromatic rings. The summed E-state index contributed by atoms with van der Waals surface area (Å²) in [6.45, 7) is 2.31. The highest BCUT2D eigenvalue weighted by Crippen LogP contribution is 2.28. The Hall–Kier alpha value is -2.14. The Morgan fingerprint density at radius 2 is 1.87 bits per heavy atom. The van der Waals surface area contributed by atoms with Crippen LogP contribution < -0.4 is 9.64 Å². The fourth-order valence-electron chi connectivity index (χ4n) is 2.67. The molecule has 0 spiro atoms. The average Bonchev–Trinajstić information content (AvgIpc) is 2.92. The highest BCUT2D eigenvalue weighted by molar-refractivity contribution is 9.10. The first-order chi connectivity index (χ1) is 11.0. The van der Waals surface area contributed by atoms with E-state index < -0.39 is 5.92 Å². The van der Waals surface area contributed by atoms with Crippen molar-refractivity contribution in [3.8, 4) is 5.75 Å². The number of carbonyl (C=O) groups excluding carboxylic acids is 2. The van der Waals surface area contributed by atoms with Crippen LogP contribution in [-0.2, 0) is 9.59 Å². The van der Waals surface area contributed by atoms with E-state index in [1.807, 2.05) is 43.3 Å². The van der Waals surface area contributed by atoms with Crippen LogP contribution in [0.15, 0.2) is 53.0 Å². The molecule has 1 aliphatic heterocycles. The second kappa shape index (κ2) is 6.54. The summed E-state index contributed by atoms with van der Waals surface area (Å²) in [4.78, 5) is 26.2. The van der Waals surface area contributed by atoms with E-state index in [4.69, 9.17) is 4.74 Å². The summed E-state index contributed by atoms with van der Waals surface area (Å²) in [5.41, 5.74) is 1.87. The summed E-state index contributed by atoms with van der Waals surface area (Å²) in [7, 11) is 0. The van der Waals surface area contributed by atoms with Crippen molar-refractivity contribution in [2.24, 2.45) is 5.92 Å². The minimum absolute atomic E-state index is 0.0444. The van der Waals surface area contributed by atoms with E-state index in [-0.39, 0.29) is 18.3 Å². The number of halogens is 1. The number of aryl methyl sites for hydroxylation is 1. The van der Waals surface area contributed by atoms with Crippen LogP contribution in [0, 0.1) is 12.8 Å². The van der Waals surface area contributed by atoms with Gasteiger partial charge in [-0.2, -0.15) is 0 Å². The van der Waals surface area contributed by atoms with E-state index in [9.17, 15) is 9.59 Å². The van der Waals surface area contributed by atoms with Crippen LogP contribution in [0.3, 0.4) is 0 Å². The molecule has 118 valence electrons. The quantitative estimate of drug-likeness (QED) is 0.608. The Labute approximate surface area is 143 Å². The molecule has 0 unspecified atom stereocenters. The first-order valence-corrected chi connectivity index (χ1v) is 8.17. The number of hydrogen-bond donors (Lipinski definition) is 0. The molecular weight excluding hydrogens is 358 g/mol. The zero-order valence-corrected chi connectivity index (χ0v) is 14.2. The van der Waals surface area contributed by atoms with Gasteiger partial charge in [-0.1, -0.05) is 34.1 Å². The van der Waals surface area contributed by atoms with Crippen LogP contribution in [0.5, 0.6) is 5.75 Å². The Morgan fingerprint density at radius 3 is 2.57 bits per heavy atom. The molecule has 0 N–H and O–H groups in total. The number of para-hydroxylation sites is 1. The van der Waals surface area contributed by atoms with E-state index in [2.05, 4.69) is 15.9 Å². The van der Waals surface area contributed by atoms with E-state index in [0.717, 1.165) is 15.7 Å². The average molecular weight is 374 g/mol. The lowest BCUT2D eigenvalue weighted by Gasteiger charge is -2.18. The van der Waals surface area contributed by atoms with Gasteiger partial charge in [0.2, 0.25) is 5.91 Å². The molecule has 5 heteroatoms. The van der Waals surface area contributed by atoms with Gasteiger partial charge in [0.05, 0.1) is 5.92 Å². The molecule has 0 saturated carbocycles. The molecule has 1 atom stereocenters. The van der Waals surface area contributed by atoms with Crippen molar-refractivity contribution >= 4 is 33.5 Å². The van der Waals surface area contributed by atoms with Gasteiger partial charge < -0.3 is 9.64 Å². The highest BCUT2D eigenvalue weighted by atomic mass is 79.9. The van der Waals surface area contributed by atoms with Crippen molar-refractivity contribution in [1.82, 2.24) is 0 Å². The Kier molecular flexibility index (Phi) is 4.48. The van der Waals surface area contributed by atoms with Crippen LogP contribution in [0.4, 0.5) is 5.69 Å². The van der Waals surface area contributed by atoms with Crippen LogP contribution in [0.2, 0.25) is 0 Å². The Morgan fingerprint density at radius 1 is 1.17 bits per heavy atom. The van der Waals surface area contributed by atoms with Gasteiger partial charge in [0, 0.05) is 23.1 Å². The summed E-state index contributed by atoms with van der Waals surface area (Å²) in [6, 6.07) is 14.7. The molecule has 23 heavy (non-hydrogen) atoms. The lowest BCUT2D eigenvalue weighted by Crippen LogP contribution is -2.27. The summed E-state index contributed by atoms with van der Waals surface area (Å²) >= 11 is 3.33. The molecule has 3 rings (SSSR count). The standard InChI is InChI=1S/C18H16BrNO3/c1-12-4-2-3-5-16(12)20-11-13(10-17(20)21)18(22)23-15-8-6-14(19)7-9-15/h2-9,13H,10-11H2,1H3/t13-/m1/s1. The molecule has 2 aromatic carbocycles. The van der Waals surface area contributed by atoms with Gasteiger partial charge in [0.15, 0.2) is 0 Å². The van der Waals surface area contributed by atoms with E-state index in [1.165, 1.54) is 0 Å². The van der Waals surface area contributed by atoms with Crippen molar-refractivity contribution in [3.05, 3.63) is 58.6 Å². The number of hydrogen-bond acceptors (Lipinski definition) is 3. The number of ether oxygens (including phenoxy) is 1. The molecule has 1 fully saturated rings. The van der Waals surface area contributed by atoms with Gasteiger partial charge in [-0.3, -0.25) is 9.59 Å². The maximum atomic E-state index is 12.3. The molecule has 0 bridgehead atoms. The van der Waals surface area contributed by atoms with Gasteiger partial charge in [-0.05, 0) is 42.8 Å². The molecule has 1 saturated heterocycles. The number of carbonyl (C=O) groups is 2. The molecule has 0 aliphatic carbocycles. The smallest absolute Gasteiger partial charge is 0.316 e. The zero-order valence-electron chi connectivity index (χ0n) is 12.7. The monoisotopic (exact) mass is 373 g/mol. The number of esters is 1. The SMILES string of the molecule is Cc1ccccc1N1C[C@H](C(=O)Oc2ccc(Br)cc2)CC1=O. The van der Waals surface area contributed by atoms with Crippen LogP contribution in [-0.4, -0.2) is 18.4 Å². The maximum absolute atomic E-state index is 12.3. The minimum atomic E-state index is -0.439. The molecule has 0 aromatic heterocycles. The van der Waals surface area contributed by atoms with Crippen molar-refractivity contribution in [3.63, 3.8) is 0 Å². The Bertz CT molecular complexity index is 742. The third kappa shape index (κ3) is 3.45. The number of rotatable bonds is 3. The van der Waals surface area contributed by atoms with Gasteiger partial charge in [-0.25, -0.2) is 0 Å². The van der Waals surface area contributed by atoms with E-state index >= 15 is 0 Å². The summed E-state index contributed by atoms with van der Waals surface area (Å²) in [6.07, 6.45) is 0.184. The summed E-state index contributed by atoms with van der Waals surface area (Å²) < 4.78 is 6.29. The lowest BCUT2D eigenvalue weighted by molar-refractivity contribution is -0.139. The predicted molar refractivity (Wildman–Crippen MR) is 91.4 cm³/mol. The van der Waals surface area contributed by atoms with Crippen molar-refractivity contribution < 1.29 is 14.3 Å². The molecule has 0 radical (unpaired) electrons. The fourth-order valence-corrected chi connectivity index (χ4v) is 2.93. The molecule has 1 heterocycles. The molecule has 1 aliphatic rings. The number of nitrogens with zero attached hydrogens (tertiary/aromatic N) is 1. The van der Waals surface area contributed by atoms with E-state index in [0.29, 0.717) is 12.3 Å². The number of anilines is 1.